The second-order valence-corrected chi connectivity index (χ2v) is 6.21. The van der Waals surface area contributed by atoms with E-state index >= 15 is 0 Å². The zero-order chi connectivity index (χ0) is 15.6. The maximum atomic E-state index is 14.0. The molecule has 0 radical (unpaired) electrons. The molecule has 0 spiro atoms. The van der Waals surface area contributed by atoms with Crippen LogP contribution in [0.4, 0.5) is 15.9 Å². The van der Waals surface area contributed by atoms with Gasteiger partial charge in [0.1, 0.15) is 22.6 Å². The monoisotopic (exact) mass is 307 g/mol. The van der Waals surface area contributed by atoms with E-state index in [0.717, 1.165) is 0 Å². The van der Waals surface area contributed by atoms with E-state index in [1.165, 1.54) is 6.07 Å². The molecule has 0 fully saturated rings. The predicted octanol–water partition coefficient (Wildman–Crippen LogP) is 4.72. The lowest BCUT2D eigenvalue weighted by molar-refractivity contribution is 0.544. The van der Waals surface area contributed by atoms with Crippen molar-refractivity contribution in [2.24, 2.45) is 0 Å². The number of para-hydroxylation sites is 1. The average molecular weight is 308 g/mol. The fraction of sp³-hybridized carbons (Fsp3) is 0.375. The van der Waals surface area contributed by atoms with Gasteiger partial charge in [-0.05, 0) is 19.1 Å². The molecule has 112 valence electrons. The van der Waals surface area contributed by atoms with E-state index in [9.17, 15) is 4.39 Å². The van der Waals surface area contributed by atoms with Crippen LogP contribution in [0.5, 0.6) is 0 Å². The second kappa shape index (κ2) is 5.98. The minimum atomic E-state index is -0.286. The van der Waals surface area contributed by atoms with E-state index in [1.54, 1.807) is 29.2 Å². The van der Waals surface area contributed by atoms with E-state index in [2.05, 4.69) is 9.97 Å². The molecule has 1 aromatic carbocycles. The first-order chi connectivity index (χ1) is 9.82. The lowest BCUT2D eigenvalue weighted by Crippen LogP contribution is -2.22. The normalized spacial score (nSPS) is 11.5. The summed E-state index contributed by atoms with van der Waals surface area (Å²) >= 11 is 6.11. The van der Waals surface area contributed by atoms with Crippen LogP contribution in [0.1, 0.15) is 33.5 Å². The summed E-state index contributed by atoms with van der Waals surface area (Å²) < 4.78 is 14.0. The van der Waals surface area contributed by atoms with Gasteiger partial charge in [0.15, 0.2) is 0 Å². The van der Waals surface area contributed by atoms with Gasteiger partial charge in [-0.25, -0.2) is 14.4 Å². The van der Waals surface area contributed by atoms with Crippen molar-refractivity contribution in [1.82, 2.24) is 9.97 Å². The highest BCUT2D eigenvalue weighted by Gasteiger charge is 2.21. The second-order valence-electron chi connectivity index (χ2n) is 5.82. The Labute approximate surface area is 129 Å². The number of hydrogen-bond acceptors (Lipinski definition) is 3. The molecule has 3 nitrogen and oxygen atoms in total. The molecule has 0 aliphatic carbocycles. The van der Waals surface area contributed by atoms with Crippen molar-refractivity contribution in [3.05, 3.63) is 47.1 Å². The first-order valence-electron chi connectivity index (χ1n) is 6.90. The van der Waals surface area contributed by atoms with E-state index in [0.29, 0.717) is 29.0 Å². The van der Waals surface area contributed by atoms with Crippen molar-refractivity contribution in [3.8, 4) is 0 Å². The Morgan fingerprint density at radius 2 is 1.86 bits per heavy atom. The van der Waals surface area contributed by atoms with Gasteiger partial charge in [-0.1, -0.05) is 44.5 Å². The molecule has 0 saturated heterocycles. The van der Waals surface area contributed by atoms with Gasteiger partial charge in [-0.3, -0.25) is 0 Å². The predicted molar refractivity (Wildman–Crippen MR) is 84.8 cm³/mol. The van der Waals surface area contributed by atoms with Crippen LogP contribution in [-0.2, 0) is 5.41 Å². The molecule has 0 bridgehead atoms. The smallest absolute Gasteiger partial charge is 0.146 e. The number of benzene rings is 1. The summed E-state index contributed by atoms with van der Waals surface area (Å²) in [5, 5.41) is 0.361. The number of aromatic nitrogens is 2. The standard InChI is InChI=1S/C16H19ClFN3/c1-5-21(12-9-7-6-8-11(12)18)14-10-13(17)19-15(20-14)16(2,3)4/h6-10H,5H2,1-4H3. The van der Waals surface area contributed by atoms with Gasteiger partial charge < -0.3 is 4.90 Å². The van der Waals surface area contributed by atoms with E-state index in [1.807, 2.05) is 27.7 Å². The van der Waals surface area contributed by atoms with Gasteiger partial charge in [-0.2, -0.15) is 0 Å². The minimum Gasteiger partial charge on any atom is -0.324 e. The van der Waals surface area contributed by atoms with Crippen molar-refractivity contribution >= 4 is 23.1 Å². The molecule has 1 heterocycles. The molecule has 2 aromatic rings. The van der Waals surface area contributed by atoms with Crippen molar-refractivity contribution < 1.29 is 4.39 Å². The fourth-order valence-corrected chi connectivity index (χ4v) is 2.18. The number of halogens is 2. The summed E-state index contributed by atoms with van der Waals surface area (Å²) in [6, 6.07) is 8.29. The molecule has 0 aliphatic heterocycles. The van der Waals surface area contributed by atoms with Gasteiger partial charge in [-0.15, -0.1) is 0 Å². The number of nitrogens with zero attached hydrogens (tertiary/aromatic N) is 3. The highest BCUT2D eigenvalue weighted by molar-refractivity contribution is 6.29. The van der Waals surface area contributed by atoms with Crippen molar-refractivity contribution in [1.29, 1.82) is 0 Å². The van der Waals surface area contributed by atoms with Crippen molar-refractivity contribution in [2.75, 3.05) is 11.4 Å². The van der Waals surface area contributed by atoms with Crippen LogP contribution < -0.4 is 4.90 Å². The molecule has 0 unspecified atom stereocenters. The summed E-state index contributed by atoms with van der Waals surface area (Å²) in [6.07, 6.45) is 0. The maximum absolute atomic E-state index is 14.0. The van der Waals surface area contributed by atoms with Crippen LogP contribution >= 0.6 is 11.6 Å². The fourth-order valence-electron chi connectivity index (χ4n) is 2.01. The Balaban J connectivity index is 2.53. The van der Waals surface area contributed by atoms with Crippen LogP contribution in [0, 0.1) is 5.82 Å². The largest absolute Gasteiger partial charge is 0.324 e. The Bertz CT molecular complexity index is 638. The maximum Gasteiger partial charge on any atom is 0.146 e. The Morgan fingerprint density at radius 3 is 2.43 bits per heavy atom. The summed E-state index contributed by atoms with van der Waals surface area (Å²) in [7, 11) is 0. The molecule has 5 heteroatoms. The zero-order valence-corrected chi connectivity index (χ0v) is 13.4. The third-order valence-electron chi connectivity index (χ3n) is 3.09. The van der Waals surface area contributed by atoms with Gasteiger partial charge in [0, 0.05) is 18.0 Å². The number of rotatable bonds is 3. The van der Waals surface area contributed by atoms with Crippen LogP contribution in [0.3, 0.4) is 0 Å². The van der Waals surface area contributed by atoms with Crippen molar-refractivity contribution in [2.45, 2.75) is 33.1 Å². The van der Waals surface area contributed by atoms with E-state index in [-0.39, 0.29) is 11.2 Å². The summed E-state index contributed by atoms with van der Waals surface area (Å²) in [5.74, 6) is 0.957. The molecule has 0 amide bonds. The Hall–Kier alpha value is -1.68. The number of hydrogen-bond donors (Lipinski definition) is 0. The van der Waals surface area contributed by atoms with Crippen molar-refractivity contribution in [3.63, 3.8) is 0 Å². The minimum absolute atomic E-state index is 0.228. The molecule has 0 saturated carbocycles. The van der Waals surface area contributed by atoms with Gasteiger partial charge in [0.2, 0.25) is 0 Å². The Kier molecular flexibility index (Phi) is 4.47. The van der Waals surface area contributed by atoms with E-state index < -0.39 is 0 Å². The van der Waals surface area contributed by atoms with Gasteiger partial charge in [0.25, 0.3) is 0 Å². The first-order valence-corrected chi connectivity index (χ1v) is 7.28. The lowest BCUT2D eigenvalue weighted by Gasteiger charge is -2.25. The van der Waals surface area contributed by atoms with Crippen LogP contribution in [-0.4, -0.2) is 16.5 Å². The quantitative estimate of drug-likeness (QED) is 0.768. The SMILES string of the molecule is CCN(c1cc(Cl)nc(C(C)(C)C)n1)c1ccccc1F. The Morgan fingerprint density at radius 1 is 1.19 bits per heavy atom. The summed E-state index contributed by atoms with van der Waals surface area (Å²) in [6.45, 7) is 8.57. The summed E-state index contributed by atoms with van der Waals surface area (Å²) in [4.78, 5) is 10.6. The van der Waals surface area contributed by atoms with Gasteiger partial charge >= 0.3 is 0 Å². The third kappa shape index (κ3) is 3.50. The highest BCUT2D eigenvalue weighted by atomic mass is 35.5. The average Bonchev–Trinajstić information content (AvgIpc) is 2.40. The van der Waals surface area contributed by atoms with Crippen LogP contribution in [0.25, 0.3) is 0 Å². The molecular formula is C16H19ClFN3. The number of anilines is 2. The third-order valence-corrected chi connectivity index (χ3v) is 3.28. The molecule has 2 rings (SSSR count). The van der Waals surface area contributed by atoms with Crippen LogP contribution in [0.15, 0.2) is 30.3 Å². The van der Waals surface area contributed by atoms with E-state index in [4.69, 9.17) is 11.6 Å². The molecule has 0 N–H and O–H groups in total. The topological polar surface area (TPSA) is 29.0 Å². The molecule has 0 atom stereocenters. The summed E-state index contributed by atoms with van der Waals surface area (Å²) in [5.41, 5.74) is 0.253. The molecule has 21 heavy (non-hydrogen) atoms. The zero-order valence-electron chi connectivity index (χ0n) is 12.7. The molecular weight excluding hydrogens is 289 g/mol. The lowest BCUT2D eigenvalue weighted by atomic mass is 9.96. The van der Waals surface area contributed by atoms with Gasteiger partial charge in [0.05, 0.1) is 5.69 Å². The molecule has 1 aromatic heterocycles. The molecule has 0 aliphatic rings. The highest BCUT2D eigenvalue weighted by Crippen LogP contribution is 2.29. The first kappa shape index (κ1) is 15.7. The van der Waals surface area contributed by atoms with Crippen LogP contribution in [0.2, 0.25) is 5.15 Å².